The lowest BCUT2D eigenvalue weighted by molar-refractivity contribution is 0.619. The summed E-state index contributed by atoms with van der Waals surface area (Å²) in [6.07, 6.45) is 5.78. The summed E-state index contributed by atoms with van der Waals surface area (Å²) in [7, 11) is 0. The van der Waals surface area contributed by atoms with Gasteiger partial charge in [0.1, 0.15) is 11.6 Å². The number of nitrogens with zero attached hydrogens (tertiary/aromatic N) is 3. The minimum atomic E-state index is -0.222. The van der Waals surface area contributed by atoms with Gasteiger partial charge in [0.2, 0.25) is 5.95 Å². The predicted molar refractivity (Wildman–Crippen MR) is 96.3 cm³/mol. The van der Waals surface area contributed by atoms with Crippen molar-refractivity contribution in [1.29, 1.82) is 0 Å². The molecule has 25 heavy (non-hydrogen) atoms. The van der Waals surface area contributed by atoms with Crippen molar-refractivity contribution in [3.63, 3.8) is 0 Å². The van der Waals surface area contributed by atoms with E-state index >= 15 is 0 Å². The van der Waals surface area contributed by atoms with Crippen LogP contribution in [0.5, 0.6) is 0 Å². The van der Waals surface area contributed by atoms with Gasteiger partial charge in [0.05, 0.1) is 5.69 Å². The lowest BCUT2D eigenvalue weighted by atomic mass is 10.2. The van der Waals surface area contributed by atoms with Crippen LogP contribution in [-0.4, -0.2) is 21.0 Å². The topological polar surface area (TPSA) is 62.7 Å². The Labute approximate surface area is 145 Å². The maximum absolute atomic E-state index is 13.5. The molecule has 0 bridgehead atoms. The molecule has 1 aromatic carbocycles. The highest BCUT2D eigenvalue weighted by Gasteiger charge is 2.22. The zero-order valence-electron chi connectivity index (χ0n) is 13.8. The second-order valence-electron chi connectivity index (χ2n) is 6.21. The highest BCUT2D eigenvalue weighted by Crippen LogP contribution is 2.27. The summed E-state index contributed by atoms with van der Waals surface area (Å²) in [4.78, 5) is 13.3. The van der Waals surface area contributed by atoms with E-state index in [9.17, 15) is 4.39 Å². The van der Waals surface area contributed by atoms with Crippen LogP contribution in [0, 0.1) is 12.7 Å². The Morgan fingerprint density at radius 3 is 2.72 bits per heavy atom. The monoisotopic (exact) mass is 335 g/mol. The van der Waals surface area contributed by atoms with Gasteiger partial charge in [-0.1, -0.05) is 0 Å². The van der Waals surface area contributed by atoms with Crippen molar-refractivity contribution in [1.82, 2.24) is 15.0 Å². The quantitative estimate of drug-likeness (QED) is 0.728. The van der Waals surface area contributed by atoms with E-state index in [0.717, 1.165) is 29.8 Å². The third-order valence-corrected chi connectivity index (χ3v) is 4.02. The van der Waals surface area contributed by atoms with Crippen LogP contribution in [0.15, 0.2) is 48.8 Å². The molecular weight excluding hydrogens is 317 g/mol. The lowest BCUT2D eigenvalue weighted by Crippen LogP contribution is -2.07. The van der Waals surface area contributed by atoms with Crippen LogP contribution < -0.4 is 10.6 Å². The number of nitrogens with one attached hydrogen (secondary N) is 2. The molecule has 1 saturated carbocycles. The van der Waals surface area contributed by atoms with Gasteiger partial charge >= 0.3 is 0 Å². The Bertz CT molecular complexity index is 894. The molecule has 2 N–H and O–H groups in total. The van der Waals surface area contributed by atoms with Crippen LogP contribution in [0.1, 0.15) is 18.4 Å². The van der Waals surface area contributed by atoms with Crippen molar-refractivity contribution in [2.45, 2.75) is 25.8 Å². The predicted octanol–water partition coefficient (Wildman–Crippen LogP) is 4.30. The first-order valence-electron chi connectivity index (χ1n) is 8.26. The fourth-order valence-corrected chi connectivity index (χ4v) is 2.52. The molecule has 3 aromatic rings. The van der Waals surface area contributed by atoms with E-state index in [-0.39, 0.29) is 5.82 Å². The molecule has 4 rings (SSSR count). The first kappa shape index (κ1) is 15.5. The van der Waals surface area contributed by atoms with Crippen LogP contribution >= 0.6 is 0 Å². The number of aryl methyl sites for hydroxylation is 1. The van der Waals surface area contributed by atoms with Gasteiger partial charge in [0.25, 0.3) is 0 Å². The molecule has 0 saturated heterocycles. The molecule has 0 amide bonds. The molecule has 1 aliphatic carbocycles. The van der Waals surface area contributed by atoms with Crippen molar-refractivity contribution in [2.24, 2.45) is 0 Å². The van der Waals surface area contributed by atoms with Crippen LogP contribution in [0.2, 0.25) is 0 Å². The molecule has 0 radical (unpaired) electrons. The molecule has 0 aliphatic heterocycles. The standard InChI is InChI=1S/C19H18FN5/c1-12-9-15(6-7-16(12)20)22-18-10-17(13-3-2-8-21-11-13)24-19(25-18)23-14-4-5-14/h2-3,6-11,14H,4-5H2,1H3,(H2,22,23,24,25). The van der Waals surface area contributed by atoms with Gasteiger partial charge in [-0.15, -0.1) is 0 Å². The number of rotatable bonds is 5. The molecule has 1 aliphatic rings. The van der Waals surface area contributed by atoms with Crippen LogP contribution in [-0.2, 0) is 0 Å². The average molecular weight is 335 g/mol. The maximum Gasteiger partial charge on any atom is 0.225 e. The van der Waals surface area contributed by atoms with E-state index in [1.165, 1.54) is 6.07 Å². The molecule has 2 heterocycles. The van der Waals surface area contributed by atoms with Crippen molar-refractivity contribution in [3.8, 4) is 11.3 Å². The Kier molecular flexibility index (Phi) is 4.01. The van der Waals surface area contributed by atoms with Gasteiger partial charge in [0.15, 0.2) is 0 Å². The molecule has 0 spiro atoms. The van der Waals surface area contributed by atoms with Gasteiger partial charge in [-0.3, -0.25) is 4.98 Å². The Morgan fingerprint density at radius 2 is 2.00 bits per heavy atom. The minimum Gasteiger partial charge on any atom is -0.351 e. The number of aromatic nitrogens is 3. The first-order chi connectivity index (χ1) is 12.2. The zero-order valence-corrected chi connectivity index (χ0v) is 13.8. The van der Waals surface area contributed by atoms with E-state index in [4.69, 9.17) is 0 Å². The van der Waals surface area contributed by atoms with E-state index in [2.05, 4.69) is 25.6 Å². The number of hydrogen-bond acceptors (Lipinski definition) is 5. The molecule has 0 atom stereocenters. The van der Waals surface area contributed by atoms with E-state index < -0.39 is 0 Å². The highest BCUT2D eigenvalue weighted by atomic mass is 19.1. The summed E-state index contributed by atoms with van der Waals surface area (Å²) in [5, 5.41) is 6.57. The zero-order chi connectivity index (χ0) is 17.2. The van der Waals surface area contributed by atoms with Gasteiger partial charge < -0.3 is 10.6 Å². The van der Waals surface area contributed by atoms with Crippen LogP contribution in [0.25, 0.3) is 11.3 Å². The molecule has 126 valence electrons. The summed E-state index contributed by atoms with van der Waals surface area (Å²) >= 11 is 0. The van der Waals surface area contributed by atoms with E-state index in [1.807, 2.05) is 18.2 Å². The van der Waals surface area contributed by atoms with Gasteiger partial charge in [0, 0.05) is 35.8 Å². The SMILES string of the molecule is Cc1cc(Nc2cc(-c3cccnc3)nc(NC3CC3)n2)ccc1F. The number of benzene rings is 1. The third kappa shape index (κ3) is 3.74. The third-order valence-electron chi connectivity index (χ3n) is 4.02. The molecule has 5 nitrogen and oxygen atoms in total. The fourth-order valence-electron chi connectivity index (χ4n) is 2.52. The Hall–Kier alpha value is -3.02. The highest BCUT2D eigenvalue weighted by molar-refractivity contribution is 5.67. The first-order valence-corrected chi connectivity index (χ1v) is 8.26. The number of pyridine rings is 1. The molecule has 2 aromatic heterocycles. The summed E-state index contributed by atoms with van der Waals surface area (Å²) in [5.41, 5.74) is 3.07. The molecule has 0 unspecified atom stereocenters. The maximum atomic E-state index is 13.5. The largest absolute Gasteiger partial charge is 0.351 e. The molecular formula is C19H18FN5. The van der Waals surface area contributed by atoms with Gasteiger partial charge in [-0.25, -0.2) is 9.37 Å². The second-order valence-corrected chi connectivity index (χ2v) is 6.21. The normalized spacial score (nSPS) is 13.5. The summed E-state index contributed by atoms with van der Waals surface area (Å²) in [6.45, 7) is 1.74. The number of halogens is 1. The lowest BCUT2D eigenvalue weighted by Gasteiger charge is -2.11. The van der Waals surface area contributed by atoms with Gasteiger partial charge in [-0.05, 0) is 55.7 Å². The summed E-state index contributed by atoms with van der Waals surface area (Å²) in [6, 6.07) is 11.1. The minimum absolute atomic E-state index is 0.222. The summed E-state index contributed by atoms with van der Waals surface area (Å²) < 4.78 is 13.5. The van der Waals surface area contributed by atoms with Crippen molar-refractivity contribution in [3.05, 3.63) is 60.2 Å². The second kappa shape index (κ2) is 6.47. The van der Waals surface area contributed by atoms with E-state index in [1.54, 1.807) is 31.5 Å². The van der Waals surface area contributed by atoms with Crippen molar-refractivity contribution < 1.29 is 4.39 Å². The van der Waals surface area contributed by atoms with Crippen molar-refractivity contribution in [2.75, 3.05) is 10.6 Å². The molecule has 1 fully saturated rings. The Morgan fingerprint density at radius 1 is 1.12 bits per heavy atom. The summed E-state index contributed by atoms with van der Waals surface area (Å²) in [5.74, 6) is 1.02. The number of anilines is 3. The Balaban J connectivity index is 1.68. The van der Waals surface area contributed by atoms with Gasteiger partial charge in [-0.2, -0.15) is 4.98 Å². The number of hydrogen-bond donors (Lipinski definition) is 2. The molecule has 6 heteroatoms. The van der Waals surface area contributed by atoms with Crippen LogP contribution in [0.3, 0.4) is 0 Å². The van der Waals surface area contributed by atoms with Crippen molar-refractivity contribution >= 4 is 17.5 Å². The fraction of sp³-hybridized carbons (Fsp3) is 0.211. The van der Waals surface area contributed by atoms with Crippen LogP contribution in [0.4, 0.5) is 21.8 Å². The van der Waals surface area contributed by atoms with E-state index in [0.29, 0.717) is 23.4 Å². The smallest absolute Gasteiger partial charge is 0.225 e. The average Bonchev–Trinajstić information content (AvgIpc) is 3.43.